The number of carbonyl (C=O) groups is 3. The summed E-state index contributed by atoms with van der Waals surface area (Å²) in [5.41, 5.74) is 3.15. The molecule has 0 bridgehead atoms. The van der Waals surface area contributed by atoms with Crippen LogP contribution in [0.3, 0.4) is 0 Å². The molecule has 2 N–H and O–H groups in total. The number of benzene rings is 2. The van der Waals surface area contributed by atoms with E-state index in [2.05, 4.69) is 35.1 Å². The Morgan fingerprint density at radius 2 is 1.97 bits per heavy atom. The van der Waals surface area contributed by atoms with Crippen molar-refractivity contribution in [1.29, 1.82) is 0 Å². The second kappa shape index (κ2) is 7.78. The zero-order chi connectivity index (χ0) is 22.4. The van der Waals surface area contributed by atoms with Gasteiger partial charge in [0.25, 0.3) is 11.8 Å². The first-order valence-corrected chi connectivity index (χ1v) is 10.9. The molecule has 2 aliphatic rings. The van der Waals surface area contributed by atoms with E-state index >= 15 is 0 Å². The van der Waals surface area contributed by atoms with E-state index < -0.39 is 0 Å². The van der Waals surface area contributed by atoms with Gasteiger partial charge in [0.05, 0.1) is 34.9 Å². The van der Waals surface area contributed by atoms with E-state index in [1.807, 2.05) is 23.1 Å². The number of amides is 3. The number of para-hydroxylation sites is 2. The average Bonchev–Trinajstić information content (AvgIpc) is 3.38. The molecule has 32 heavy (non-hydrogen) atoms. The van der Waals surface area contributed by atoms with E-state index in [4.69, 9.17) is 4.98 Å². The number of nitrogens with zero attached hydrogens (tertiary/aromatic N) is 3. The van der Waals surface area contributed by atoms with E-state index in [1.54, 1.807) is 18.2 Å². The summed E-state index contributed by atoms with van der Waals surface area (Å²) in [6.07, 6.45) is 1.73. The molecule has 164 valence electrons. The summed E-state index contributed by atoms with van der Waals surface area (Å²) in [6.45, 7) is 4.79. The molecule has 1 saturated heterocycles. The molecule has 1 fully saturated rings. The van der Waals surface area contributed by atoms with E-state index in [0.29, 0.717) is 23.4 Å². The highest BCUT2D eigenvalue weighted by Crippen LogP contribution is 2.36. The number of rotatable bonds is 3. The Morgan fingerprint density at radius 3 is 2.78 bits per heavy atom. The van der Waals surface area contributed by atoms with Gasteiger partial charge in [0.1, 0.15) is 5.82 Å². The number of likely N-dealkylation sites (tertiary alicyclic amines) is 1. The zero-order valence-electron chi connectivity index (χ0n) is 18.1. The summed E-state index contributed by atoms with van der Waals surface area (Å²) in [6, 6.07) is 13.0. The van der Waals surface area contributed by atoms with Gasteiger partial charge in [-0.05, 0) is 57.0 Å². The Labute approximate surface area is 185 Å². The van der Waals surface area contributed by atoms with Crippen LogP contribution in [0.1, 0.15) is 65.3 Å². The summed E-state index contributed by atoms with van der Waals surface area (Å²) < 4.78 is 2.22. The van der Waals surface area contributed by atoms with Gasteiger partial charge in [-0.15, -0.1) is 0 Å². The molecule has 1 aromatic heterocycles. The molecule has 3 heterocycles. The third kappa shape index (κ3) is 3.32. The lowest BCUT2D eigenvalue weighted by molar-refractivity contribution is -0.115. The Hall–Kier alpha value is -3.68. The topological polar surface area (TPSA) is 96.3 Å². The fourth-order valence-corrected chi connectivity index (χ4v) is 4.71. The van der Waals surface area contributed by atoms with Crippen molar-refractivity contribution in [1.82, 2.24) is 19.8 Å². The Balaban J connectivity index is 1.52. The highest BCUT2D eigenvalue weighted by atomic mass is 16.2. The quantitative estimate of drug-likeness (QED) is 0.665. The van der Waals surface area contributed by atoms with E-state index in [0.717, 1.165) is 29.7 Å². The maximum absolute atomic E-state index is 13.5. The minimum absolute atomic E-state index is 0.0869. The zero-order valence-corrected chi connectivity index (χ0v) is 18.1. The van der Waals surface area contributed by atoms with Gasteiger partial charge in [0.15, 0.2) is 0 Å². The molecule has 1 atom stereocenters. The highest BCUT2D eigenvalue weighted by Gasteiger charge is 2.35. The van der Waals surface area contributed by atoms with Crippen LogP contribution >= 0.6 is 0 Å². The molecular weight excluding hydrogens is 406 g/mol. The second-order valence-corrected chi connectivity index (χ2v) is 8.57. The predicted molar refractivity (Wildman–Crippen MR) is 121 cm³/mol. The standard InChI is InChI=1S/C24H25N5O3/c1-14(2)29-19-7-4-3-6-17(19)27-22(29)20-8-5-11-28(20)24(32)15-9-10-16-18(12-15)26-21(30)13-25-23(16)31/h3-4,6-7,9-10,12,14,20H,5,8,11,13H2,1-2H3,(H,25,31)(H,26,30). The minimum atomic E-state index is -0.331. The van der Waals surface area contributed by atoms with Gasteiger partial charge in [0, 0.05) is 18.2 Å². The number of imidazole rings is 1. The Bertz CT molecular complexity index is 1250. The van der Waals surface area contributed by atoms with Gasteiger partial charge >= 0.3 is 0 Å². The third-order valence-electron chi connectivity index (χ3n) is 6.15. The Kier molecular flexibility index (Phi) is 4.92. The molecule has 0 spiro atoms. The number of hydrogen-bond acceptors (Lipinski definition) is 4. The van der Waals surface area contributed by atoms with Gasteiger partial charge in [-0.3, -0.25) is 14.4 Å². The van der Waals surface area contributed by atoms with Crippen molar-refractivity contribution in [2.24, 2.45) is 0 Å². The van der Waals surface area contributed by atoms with E-state index in [-0.39, 0.29) is 36.3 Å². The van der Waals surface area contributed by atoms with Gasteiger partial charge in [-0.2, -0.15) is 0 Å². The van der Waals surface area contributed by atoms with Crippen LogP contribution < -0.4 is 10.6 Å². The fourth-order valence-electron chi connectivity index (χ4n) is 4.71. The number of aromatic nitrogens is 2. The summed E-state index contributed by atoms with van der Waals surface area (Å²) in [4.78, 5) is 44.4. The fraction of sp³-hybridized carbons (Fsp3) is 0.333. The third-order valence-corrected chi connectivity index (χ3v) is 6.15. The van der Waals surface area contributed by atoms with Crippen molar-refractivity contribution in [3.63, 3.8) is 0 Å². The van der Waals surface area contributed by atoms with Gasteiger partial charge in [0.2, 0.25) is 5.91 Å². The van der Waals surface area contributed by atoms with Crippen molar-refractivity contribution in [3.8, 4) is 0 Å². The van der Waals surface area contributed by atoms with E-state index in [9.17, 15) is 14.4 Å². The van der Waals surface area contributed by atoms with Crippen LogP contribution in [0.25, 0.3) is 11.0 Å². The molecule has 2 aliphatic heterocycles. The smallest absolute Gasteiger partial charge is 0.254 e. The lowest BCUT2D eigenvalue weighted by atomic mass is 10.1. The van der Waals surface area contributed by atoms with Crippen molar-refractivity contribution < 1.29 is 14.4 Å². The van der Waals surface area contributed by atoms with Crippen molar-refractivity contribution in [3.05, 3.63) is 59.4 Å². The summed E-state index contributed by atoms with van der Waals surface area (Å²) in [7, 11) is 0. The summed E-state index contributed by atoms with van der Waals surface area (Å²) >= 11 is 0. The second-order valence-electron chi connectivity index (χ2n) is 8.57. The van der Waals surface area contributed by atoms with Crippen LogP contribution in [-0.2, 0) is 4.79 Å². The SMILES string of the molecule is CC(C)n1c(C2CCCN2C(=O)c2ccc3c(c2)NC(=O)CNC3=O)nc2ccccc21. The lowest BCUT2D eigenvalue weighted by Gasteiger charge is -2.26. The Morgan fingerprint density at radius 1 is 1.16 bits per heavy atom. The first kappa shape index (κ1) is 20.2. The molecule has 8 nitrogen and oxygen atoms in total. The molecule has 3 amide bonds. The van der Waals surface area contributed by atoms with Crippen LogP contribution in [0.4, 0.5) is 5.69 Å². The van der Waals surface area contributed by atoms with Crippen molar-refractivity contribution in [2.45, 2.75) is 38.8 Å². The normalized spacial score (nSPS) is 18.5. The van der Waals surface area contributed by atoms with Gasteiger partial charge in [-0.1, -0.05) is 12.1 Å². The highest BCUT2D eigenvalue weighted by molar-refractivity contribution is 6.10. The first-order chi connectivity index (χ1) is 15.4. The largest absolute Gasteiger partial charge is 0.343 e. The monoisotopic (exact) mass is 431 g/mol. The number of anilines is 1. The molecule has 3 aromatic rings. The number of carbonyl (C=O) groups excluding carboxylic acids is 3. The van der Waals surface area contributed by atoms with Crippen LogP contribution in [0.15, 0.2) is 42.5 Å². The average molecular weight is 431 g/mol. The van der Waals surface area contributed by atoms with Crippen LogP contribution in [0.2, 0.25) is 0 Å². The summed E-state index contributed by atoms with van der Waals surface area (Å²) in [5.74, 6) is 0.125. The number of fused-ring (bicyclic) bond motifs is 2. The van der Waals surface area contributed by atoms with Crippen LogP contribution in [0, 0.1) is 0 Å². The van der Waals surface area contributed by atoms with Crippen LogP contribution in [0.5, 0.6) is 0 Å². The maximum atomic E-state index is 13.5. The van der Waals surface area contributed by atoms with Crippen molar-refractivity contribution >= 4 is 34.4 Å². The van der Waals surface area contributed by atoms with Gasteiger partial charge < -0.3 is 20.1 Å². The van der Waals surface area contributed by atoms with Crippen LogP contribution in [-0.4, -0.2) is 45.3 Å². The molecular formula is C24H25N5O3. The van der Waals surface area contributed by atoms with Gasteiger partial charge in [-0.25, -0.2) is 4.98 Å². The number of nitrogens with one attached hydrogen (secondary N) is 2. The van der Waals surface area contributed by atoms with E-state index in [1.165, 1.54) is 0 Å². The minimum Gasteiger partial charge on any atom is -0.343 e. The maximum Gasteiger partial charge on any atom is 0.254 e. The first-order valence-electron chi connectivity index (χ1n) is 10.9. The molecule has 1 unspecified atom stereocenters. The molecule has 0 saturated carbocycles. The molecule has 2 aromatic carbocycles. The molecule has 0 radical (unpaired) electrons. The predicted octanol–water partition coefficient (Wildman–Crippen LogP) is 3.28. The summed E-state index contributed by atoms with van der Waals surface area (Å²) in [5, 5.41) is 5.27. The molecule has 5 rings (SSSR count). The van der Waals surface area contributed by atoms with Crippen molar-refractivity contribution in [2.75, 3.05) is 18.4 Å². The molecule has 8 heteroatoms. The lowest BCUT2D eigenvalue weighted by Crippen LogP contribution is -2.32. The molecule has 0 aliphatic carbocycles. The number of hydrogen-bond donors (Lipinski definition) is 2.